The summed E-state index contributed by atoms with van der Waals surface area (Å²) in [6.07, 6.45) is 3.33. The van der Waals surface area contributed by atoms with E-state index in [1.807, 2.05) is 6.07 Å². The van der Waals surface area contributed by atoms with Crippen molar-refractivity contribution >= 4 is 35.2 Å². The molecule has 5 heteroatoms. The second-order valence-electron chi connectivity index (χ2n) is 4.77. The van der Waals surface area contributed by atoms with Gasteiger partial charge in [0.15, 0.2) is 0 Å². The minimum atomic E-state index is -0.841. The zero-order valence-corrected chi connectivity index (χ0v) is 12.4. The normalized spacial score (nSPS) is 17.4. The first-order chi connectivity index (χ1) is 9.36. The summed E-state index contributed by atoms with van der Waals surface area (Å²) in [4.78, 5) is 11.6. The highest BCUT2D eigenvalue weighted by molar-refractivity contribution is 6.37. The second kappa shape index (κ2) is 5.32. The van der Waals surface area contributed by atoms with Crippen LogP contribution in [0.5, 0.6) is 0 Å². The lowest BCUT2D eigenvalue weighted by atomic mass is 9.95. The second-order valence-corrected chi connectivity index (χ2v) is 5.58. The van der Waals surface area contributed by atoms with Crippen LogP contribution in [-0.4, -0.2) is 11.6 Å². The lowest BCUT2D eigenvalue weighted by Crippen LogP contribution is -2.22. The molecule has 0 saturated heterocycles. The number of ether oxygens (including phenoxy) is 1. The highest BCUT2D eigenvalue weighted by Gasteiger charge is 2.39. The van der Waals surface area contributed by atoms with Crippen LogP contribution < -0.4 is 0 Å². The molecule has 1 aliphatic rings. The molecule has 3 nitrogen and oxygen atoms in total. The summed E-state index contributed by atoms with van der Waals surface area (Å²) < 4.78 is 5.16. The molecule has 1 aromatic carbocycles. The van der Waals surface area contributed by atoms with Crippen LogP contribution in [0.2, 0.25) is 10.0 Å². The molecule has 1 aromatic rings. The summed E-state index contributed by atoms with van der Waals surface area (Å²) >= 11 is 12.1. The summed E-state index contributed by atoms with van der Waals surface area (Å²) in [5, 5.41) is 10.0. The van der Waals surface area contributed by atoms with Crippen molar-refractivity contribution in [1.82, 2.24) is 0 Å². The van der Waals surface area contributed by atoms with E-state index in [0.29, 0.717) is 21.2 Å². The maximum absolute atomic E-state index is 11.6. The molecule has 0 aliphatic carbocycles. The number of nitrogens with zero attached hydrogens (tertiary/aromatic N) is 1. The highest BCUT2D eigenvalue weighted by atomic mass is 35.5. The van der Waals surface area contributed by atoms with Gasteiger partial charge in [-0.05, 0) is 26.0 Å². The molecule has 0 N–H and O–H groups in total. The Kier molecular flexibility index (Phi) is 3.89. The third-order valence-electron chi connectivity index (χ3n) is 3.00. The van der Waals surface area contributed by atoms with Gasteiger partial charge in [0.2, 0.25) is 0 Å². The SMILES string of the molecule is CC1(C)OC(=O)C(C#N)=C1/C=C/c1c(Cl)cccc1Cl. The van der Waals surface area contributed by atoms with E-state index < -0.39 is 11.6 Å². The molecular weight excluding hydrogens is 297 g/mol. The molecule has 0 saturated carbocycles. The van der Waals surface area contributed by atoms with Crippen LogP contribution in [0.4, 0.5) is 0 Å². The molecule has 0 aromatic heterocycles. The number of hydrogen-bond acceptors (Lipinski definition) is 3. The number of rotatable bonds is 2. The molecule has 0 spiro atoms. The Morgan fingerprint density at radius 1 is 1.25 bits per heavy atom. The van der Waals surface area contributed by atoms with Gasteiger partial charge in [-0.15, -0.1) is 0 Å². The van der Waals surface area contributed by atoms with Crippen LogP contribution in [0.1, 0.15) is 19.4 Å². The van der Waals surface area contributed by atoms with Crippen LogP contribution >= 0.6 is 23.2 Å². The van der Waals surface area contributed by atoms with Gasteiger partial charge in [-0.1, -0.05) is 41.4 Å². The molecule has 1 heterocycles. The van der Waals surface area contributed by atoms with E-state index in [2.05, 4.69) is 0 Å². The van der Waals surface area contributed by atoms with Crippen molar-refractivity contribution in [1.29, 1.82) is 5.26 Å². The minimum absolute atomic E-state index is 0.00873. The lowest BCUT2D eigenvalue weighted by Gasteiger charge is -2.18. The van der Waals surface area contributed by atoms with Crippen molar-refractivity contribution in [3.05, 3.63) is 51.0 Å². The number of carbonyl (C=O) groups excluding carboxylic acids is 1. The van der Waals surface area contributed by atoms with Crippen molar-refractivity contribution in [3.63, 3.8) is 0 Å². The first-order valence-corrected chi connectivity index (χ1v) is 6.62. The third-order valence-corrected chi connectivity index (χ3v) is 3.66. The molecule has 0 radical (unpaired) electrons. The van der Waals surface area contributed by atoms with Crippen LogP contribution in [0, 0.1) is 11.3 Å². The Morgan fingerprint density at radius 3 is 2.40 bits per heavy atom. The summed E-state index contributed by atoms with van der Waals surface area (Å²) in [7, 11) is 0. The van der Waals surface area contributed by atoms with E-state index >= 15 is 0 Å². The van der Waals surface area contributed by atoms with E-state index in [1.165, 1.54) is 0 Å². The molecular formula is C15H11Cl2NO2. The van der Waals surface area contributed by atoms with Gasteiger partial charge < -0.3 is 4.74 Å². The molecule has 20 heavy (non-hydrogen) atoms. The monoisotopic (exact) mass is 307 g/mol. The molecule has 2 rings (SSSR count). The fourth-order valence-electron chi connectivity index (χ4n) is 1.98. The van der Waals surface area contributed by atoms with Crippen molar-refractivity contribution in [2.75, 3.05) is 0 Å². The molecule has 0 bridgehead atoms. The molecule has 102 valence electrons. The molecule has 0 atom stereocenters. The van der Waals surface area contributed by atoms with Crippen LogP contribution in [0.25, 0.3) is 6.08 Å². The zero-order valence-electron chi connectivity index (χ0n) is 10.9. The summed E-state index contributed by atoms with van der Waals surface area (Å²) in [5.41, 5.74) is 0.318. The summed E-state index contributed by atoms with van der Waals surface area (Å²) in [5.74, 6) is -0.609. The van der Waals surface area contributed by atoms with Gasteiger partial charge in [0, 0.05) is 21.2 Å². The fourth-order valence-corrected chi connectivity index (χ4v) is 2.50. The van der Waals surface area contributed by atoms with Crippen molar-refractivity contribution < 1.29 is 9.53 Å². The number of cyclic esters (lactones) is 1. The van der Waals surface area contributed by atoms with Crippen LogP contribution in [0.15, 0.2) is 35.4 Å². The maximum atomic E-state index is 11.6. The Morgan fingerprint density at radius 2 is 1.85 bits per heavy atom. The topological polar surface area (TPSA) is 50.1 Å². The Balaban J connectivity index is 2.48. The van der Waals surface area contributed by atoms with Gasteiger partial charge in [0.25, 0.3) is 0 Å². The van der Waals surface area contributed by atoms with E-state index in [1.54, 1.807) is 44.2 Å². The summed E-state index contributed by atoms with van der Waals surface area (Å²) in [6.45, 7) is 3.45. The van der Waals surface area contributed by atoms with Gasteiger partial charge in [-0.2, -0.15) is 5.26 Å². The smallest absolute Gasteiger partial charge is 0.350 e. The number of hydrogen-bond donors (Lipinski definition) is 0. The van der Waals surface area contributed by atoms with Gasteiger partial charge in [-0.3, -0.25) is 0 Å². The van der Waals surface area contributed by atoms with Crippen molar-refractivity contribution in [2.45, 2.75) is 19.4 Å². The largest absolute Gasteiger partial charge is 0.451 e. The number of carbonyl (C=O) groups is 1. The van der Waals surface area contributed by atoms with Gasteiger partial charge in [0.1, 0.15) is 17.2 Å². The number of halogens is 2. The van der Waals surface area contributed by atoms with E-state index in [4.69, 9.17) is 33.2 Å². The van der Waals surface area contributed by atoms with Gasteiger partial charge in [-0.25, -0.2) is 4.79 Å². The van der Waals surface area contributed by atoms with Crippen molar-refractivity contribution in [3.8, 4) is 6.07 Å². The maximum Gasteiger partial charge on any atom is 0.350 e. The predicted octanol–water partition coefficient (Wildman–Crippen LogP) is 4.16. The molecule has 0 amide bonds. The van der Waals surface area contributed by atoms with E-state index in [-0.39, 0.29) is 5.57 Å². The Labute approximate surface area is 127 Å². The lowest BCUT2D eigenvalue weighted by molar-refractivity contribution is -0.144. The quantitative estimate of drug-likeness (QED) is 0.771. The van der Waals surface area contributed by atoms with Crippen molar-refractivity contribution in [2.24, 2.45) is 0 Å². The van der Waals surface area contributed by atoms with Gasteiger partial charge >= 0.3 is 5.97 Å². The molecule has 0 unspecified atom stereocenters. The standard InChI is InChI=1S/C15H11Cl2NO2/c1-15(2)11(10(8-18)14(19)20-15)7-6-9-12(16)4-3-5-13(9)17/h3-7H,1-2H3/b7-6+. The summed E-state index contributed by atoms with van der Waals surface area (Å²) in [6, 6.07) is 7.05. The average Bonchev–Trinajstić information content (AvgIpc) is 2.57. The van der Waals surface area contributed by atoms with Gasteiger partial charge in [0.05, 0.1) is 0 Å². The van der Waals surface area contributed by atoms with Crippen LogP contribution in [0.3, 0.4) is 0 Å². The third kappa shape index (κ3) is 2.58. The first kappa shape index (κ1) is 14.6. The van der Waals surface area contributed by atoms with E-state index in [9.17, 15) is 4.79 Å². The number of nitriles is 1. The fraction of sp³-hybridized carbons (Fsp3) is 0.200. The highest BCUT2D eigenvalue weighted by Crippen LogP contribution is 2.34. The predicted molar refractivity (Wildman–Crippen MR) is 78.3 cm³/mol. The number of benzene rings is 1. The first-order valence-electron chi connectivity index (χ1n) is 5.87. The number of esters is 1. The minimum Gasteiger partial charge on any atom is -0.451 e. The molecule has 0 fully saturated rings. The Hall–Kier alpha value is -1.76. The Bertz CT molecular complexity index is 661. The average molecular weight is 308 g/mol. The van der Waals surface area contributed by atoms with E-state index in [0.717, 1.165) is 0 Å². The zero-order chi connectivity index (χ0) is 14.9. The van der Waals surface area contributed by atoms with Crippen LogP contribution in [-0.2, 0) is 9.53 Å². The molecule has 1 aliphatic heterocycles.